The summed E-state index contributed by atoms with van der Waals surface area (Å²) in [5, 5.41) is 14.2. The predicted molar refractivity (Wildman–Crippen MR) is 73.3 cm³/mol. The zero-order chi connectivity index (χ0) is 15.1. The zero-order valence-electron chi connectivity index (χ0n) is 12.0. The quantitative estimate of drug-likeness (QED) is 0.636. The molecule has 1 atom stereocenters. The summed E-state index contributed by atoms with van der Waals surface area (Å²) in [4.78, 5) is 35.2. The summed E-state index contributed by atoms with van der Waals surface area (Å²) in [6.07, 6.45) is 1.73. The lowest BCUT2D eigenvalue weighted by Crippen LogP contribution is -2.48. The van der Waals surface area contributed by atoms with Crippen LogP contribution in [0.1, 0.15) is 39.5 Å². The van der Waals surface area contributed by atoms with Crippen molar-refractivity contribution in [3.05, 3.63) is 0 Å². The normalized spacial score (nSPS) is 17.9. The van der Waals surface area contributed by atoms with E-state index < -0.39 is 5.97 Å². The molecule has 1 heterocycles. The molecule has 0 spiro atoms. The number of amides is 3. The monoisotopic (exact) mass is 285 g/mol. The molecule has 0 aliphatic carbocycles. The van der Waals surface area contributed by atoms with E-state index in [0.29, 0.717) is 25.9 Å². The third-order valence-electron chi connectivity index (χ3n) is 3.26. The van der Waals surface area contributed by atoms with Gasteiger partial charge in [0.25, 0.3) is 0 Å². The number of hydrogen-bond donors (Lipinski definition) is 3. The van der Waals surface area contributed by atoms with E-state index in [0.717, 1.165) is 6.42 Å². The number of aliphatic carboxylic acids is 1. The molecule has 1 fully saturated rings. The third kappa shape index (κ3) is 5.46. The van der Waals surface area contributed by atoms with Crippen LogP contribution >= 0.6 is 0 Å². The van der Waals surface area contributed by atoms with Gasteiger partial charge in [-0.15, -0.1) is 0 Å². The topological polar surface area (TPSA) is 98.7 Å². The van der Waals surface area contributed by atoms with Crippen LogP contribution in [0.4, 0.5) is 4.79 Å². The number of rotatable bonds is 7. The summed E-state index contributed by atoms with van der Waals surface area (Å²) in [6, 6.07) is -0.215. The number of nitrogens with one attached hydrogen (secondary N) is 2. The Kier molecular flexibility index (Phi) is 6.27. The van der Waals surface area contributed by atoms with Crippen molar-refractivity contribution < 1.29 is 19.5 Å². The summed E-state index contributed by atoms with van der Waals surface area (Å²) < 4.78 is 0. The fraction of sp³-hybridized carbons (Fsp3) is 0.769. The van der Waals surface area contributed by atoms with E-state index in [9.17, 15) is 14.4 Å². The third-order valence-corrected chi connectivity index (χ3v) is 3.26. The Labute approximate surface area is 118 Å². The Balaban J connectivity index is 2.35. The summed E-state index contributed by atoms with van der Waals surface area (Å²) in [5.74, 6) is -0.839. The lowest BCUT2D eigenvalue weighted by Gasteiger charge is -2.27. The van der Waals surface area contributed by atoms with Crippen LogP contribution in [-0.4, -0.2) is 53.1 Å². The van der Waals surface area contributed by atoms with Crippen molar-refractivity contribution in [3.63, 3.8) is 0 Å². The number of carboxylic acids is 1. The minimum Gasteiger partial charge on any atom is -0.481 e. The maximum atomic E-state index is 12.1. The molecule has 1 saturated heterocycles. The van der Waals surface area contributed by atoms with Crippen molar-refractivity contribution in [2.75, 3.05) is 13.1 Å². The highest BCUT2D eigenvalue weighted by Gasteiger charge is 2.23. The van der Waals surface area contributed by atoms with Gasteiger partial charge in [-0.3, -0.25) is 9.59 Å². The van der Waals surface area contributed by atoms with Gasteiger partial charge in [-0.25, -0.2) is 4.79 Å². The first-order valence-corrected chi connectivity index (χ1v) is 6.95. The van der Waals surface area contributed by atoms with Crippen molar-refractivity contribution in [1.82, 2.24) is 15.5 Å². The highest BCUT2D eigenvalue weighted by Crippen LogP contribution is 2.06. The number of hydrogen-bond acceptors (Lipinski definition) is 3. The molecule has 1 unspecified atom stereocenters. The molecule has 0 aromatic heterocycles. The van der Waals surface area contributed by atoms with E-state index in [-0.39, 0.29) is 30.4 Å². The van der Waals surface area contributed by atoms with E-state index in [1.165, 1.54) is 0 Å². The molecule has 3 N–H and O–H groups in total. The first-order chi connectivity index (χ1) is 9.40. The molecule has 7 heteroatoms. The molecule has 3 amide bonds. The predicted octanol–water partition coefficient (Wildman–Crippen LogP) is 0.550. The molecule has 1 rings (SSSR count). The highest BCUT2D eigenvalue weighted by molar-refractivity contribution is 5.79. The van der Waals surface area contributed by atoms with E-state index >= 15 is 0 Å². The van der Waals surface area contributed by atoms with Crippen molar-refractivity contribution >= 4 is 17.9 Å². The van der Waals surface area contributed by atoms with E-state index in [4.69, 9.17) is 5.11 Å². The van der Waals surface area contributed by atoms with Gasteiger partial charge >= 0.3 is 12.0 Å². The smallest absolute Gasteiger partial charge is 0.317 e. The molecule has 1 aliphatic rings. The number of carbonyl (C=O) groups is 3. The second kappa shape index (κ2) is 7.72. The second-order valence-corrected chi connectivity index (χ2v) is 5.27. The van der Waals surface area contributed by atoms with Crippen LogP contribution in [-0.2, 0) is 9.59 Å². The lowest BCUT2D eigenvalue weighted by atomic mass is 10.2. The van der Waals surface area contributed by atoms with E-state index in [2.05, 4.69) is 10.6 Å². The standard InChI is InChI=1S/C13H23N3O4/c1-9(2)16(7-3-4-12(18)19)13(20)14-8-10-5-6-11(17)15-10/h9-10H,3-8H2,1-2H3,(H,14,20)(H,15,17)(H,18,19). The maximum Gasteiger partial charge on any atom is 0.317 e. The molecule has 20 heavy (non-hydrogen) atoms. The van der Waals surface area contributed by atoms with E-state index in [1.54, 1.807) is 4.90 Å². The number of carboxylic acid groups (broad SMARTS) is 1. The SMILES string of the molecule is CC(C)N(CCCC(=O)O)C(=O)NCC1CCC(=O)N1. The fourth-order valence-corrected chi connectivity index (χ4v) is 2.14. The number of nitrogens with zero attached hydrogens (tertiary/aromatic N) is 1. The molecular formula is C13H23N3O4. The summed E-state index contributed by atoms with van der Waals surface area (Å²) in [5.41, 5.74) is 0. The lowest BCUT2D eigenvalue weighted by molar-refractivity contribution is -0.137. The minimum atomic E-state index is -0.859. The van der Waals surface area contributed by atoms with Gasteiger partial charge in [-0.2, -0.15) is 0 Å². The van der Waals surface area contributed by atoms with Crippen LogP contribution < -0.4 is 10.6 Å². The van der Waals surface area contributed by atoms with Gasteiger partial charge in [0.05, 0.1) is 0 Å². The molecule has 0 aromatic carbocycles. The highest BCUT2D eigenvalue weighted by atomic mass is 16.4. The van der Waals surface area contributed by atoms with E-state index in [1.807, 2.05) is 13.8 Å². The Morgan fingerprint density at radius 1 is 1.50 bits per heavy atom. The Bertz CT molecular complexity index is 371. The van der Waals surface area contributed by atoms with Crippen molar-refractivity contribution in [3.8, 4) is 0 Å². The van der Waals surface area contributed by atoms with Crippen molar-refractivity contribution in [1.29, 1.82) is 0 Å². The van der Waals surface area contributed by atoms with Gasteiger partial charge in [0.15, 0.2) is 0 Å². The van der Waals surface area contributed by atoms with Gasteiger partial charge in [0.1, 0.15) is 0 Å². The molecule has 0 saturated carbocycles. The first-order valence-electron chi connectivity index (χ1n) is 6.95. The van der Waals surface area contributed by atoms with Crippen LogP contribution in [0.3, 0.4) is 0 Å². The van der Waals surface area contributed by atoms with Crippen LogP contribution in [0.2, 0.25) is 0 Å². The average Bonchev–Trinajstić information content (AvgIpc) is 2.77. The fourth-order valence-electron chi connectivity index (χ4n) is 2.14. The van der Waals surface area contributed by atoms with Crippen LogP contribution in [0, 0.1) is 0 Å². The van der Waals surface area contributed by atoms with Crippen molar-refractivity contribution in [2.45, 2.75) is 51.6 Å². The van der Waals surface area contributed by atoms with Gasteiger partial charge in [-0.1, -0.05) is 0 Å². The largest absolute Gasteiger partial charge is 0.481 e. The van der Waals surface area contributed by atoms with Gasteiger partial charge in [0.2, 0.25) is 5.91 Å². The van der Waals surface area contributed by atoms with Gasteiger partial charge < -0.3 is 20.6 Å². The summed E-state index contributed by atoms with van der Waals surface area (Å²) in [6.45, 7) is 4.59. The van der Waals surface area contributed by atoms with Crippen molar-refractivity contribution in [2.24, 2.45) is 0 Å². The Morgan fingerprint density at radius 3 is 2.70 bits per heavy atom. The summed E-state index contributed by atoms with van der Waals surface area (Å²) >= 11 is 0. The molecule has 7 nitrogen and oxygen atoms in total. The van der Waals surface area contributed by atoms with Crippen LogP contribution in [0.5, 0.6) is 0 Å². The van der Waals surface area contributed by atoms with Crippen LogP contribution in [0.15, 0.2) is 0 Å². The van der Waals surface area contributed by atoms with Crippen LogP contribution in [0.25, 0.3) is 0 Å². The minimum absolute atomic E-state index is 0.000480. The zero-order valence-corrected chi connectivity index (χ0v) is 12.0. The Hall–Kier alpha value is -1.79. The van der Waals surface area contributed by atoms with Gasteiger partial charge in [-0.05, 0) is 26.7 Å². The first kappa shape index (κ1) is 16.3. The second-order valence-electron chi connectivity index (χ2n) is 5.27. The maximum absolute atomic E-state index is 12.1. The molecular weight excluding hydrogens is 262 g/mol. The number of urea groups is 1. The molecule has 0 radical (unpaired) electrons. The summed E-state index contributed by atoms with van der Waals surface area (Å²) in [7, 11) is 0. The molecule has 114 valence electrons. The molecule has 0 bridgehead atoms. The van der Waals surface area contributed by atoms with Gasteiger partial charge in [0, 0.05) is 38.0 Å². The number of carbonyl (C=O) groups excluding carboxylic acids is 2. The molecule has 1 aliphatic heterocycles. The average molecular weight is 285 g/mol. The molecule has 0 aromatic rings. The Morgan fingerprint density at radius 2 is 2.20 bits per heavy atom.